The second-order valence-electron chi connectivity index (χ2n) is 8.18. The van der Waals surface area contributed by atoms with Crippen LogP contribution in [0.15, 0.2) is 101 Å². The van der Waals surface area contributed by atoms with Crippen molar-refractivity contribution >= 4 is 34.8 Å². The zero-order chi connectivity index (χ0) is 25.6. The molecule has 9 heteroatoms. The summed E-state index contributed by atoms with van der Waals surface area (Å²) in [6, 6.07) is 26.3. The van der Waals surface area contributed by atoms with Gasteiger partial charge in [0.05, 0.1) is 24.3 Å². The lowest BCUT2D eigenvalue weighted by Crippen LogP contribution is -2.26. The number of ether oxygens (including phenoxy) is 1. The van der Waals surface area contributed by atoms with Gasteiger partial charge in [-0.1, -0.05) is 60.3 Å². The van der Waals surface area contributed by atoms with Gasteiger partial charge < -0.3 is 10.1 Å². The maximum atomic E-state index is 12.5. The summed E-state index contributed by atoms with van der Waals surface area (Å²) in [5, 5.41) is 15.7. The number of nitrogens with zero attached hydrogens (tertiary/aromatic N) is 4. The van der Waals surface area contributed by atoms with Crippen LogP contribution in [0, 0.1) is 0 Å². The molecule has 0 radical (unpaired) electrons. The van der Waals surface area contributed by atoms with Crippen LogP contribution in [0.5, 0.6) is 5.75 Å². The van der Waals surface area contributed by atoms with E-state index >= 15 is 0 Å². The predicted molar refractivity (Wildman–Crippen MR) is 145 cm³/mol. The normalized spacial score (nSPS) is 16.3. The molecule has 1 unspecified atom stereocenters. The second-order valence-corrected chi connectivity index (χ2v) is 9.37. The van der Waals surface area contributed by atoms with Crippen molar-refractivity contribution < 1.29 is 14.3 Å². The van der Waals surface area contributed by atoms with Gasteiger partial charge in [-0.3, -0.25) is 9.59 Å². The van der Waals surface area contributed by atoms with Crippen LogP contribution in [-0.4, -0.2) is 45.2 Å². The highest BCUT2D eigenvalue weighted by Crippen LogP contribution is 2.26. The van der Waals surface area contributed by atoms with Gasteiger partial charge in [-0.2, -0.15) is 10.2 Å². The Morgan fingerprint density at radius 1 is 1.05 bits per heavy atom. The molecule has 0 saturated carbocycles. The highest BCUT2D eigenvalue weighted by Gasteiger charge is 2.32. The van der Waals surface area contributed by atoms with Crippen molar-refractivity contribution in [3.63, 3.8) is 0 Å². The fourth-order valence-electron chi connectivity index (χ4n) is 3.81. The van der Waals surface area contributed by atoms with Crippen molar-refractivity contribution in [3.05, 3.63) is 102 Å². The molecule has 1 saturated heterocycles. The molecule has 184 valence electrons. The molecule has 1 fully saturated rings. The summed E-state index contributed by atoms with van der Waals surface area (Å²) < 4.78 is 7.05. The minimum absolute atomic E-state index is 0.0875. The summed E-state index contributed by atoms with van der Waals surface area (Å²) in [5.74, 6) is 0.414. The van der Waals surface area contributed by atoms with Gasteiger partial charge in [-0.15, -0.1) is 5.10 Å². The Bertz CT molecular complexity index is 1460. The Balaban J connectivity index is 1.35. The Labute approximate surface area is 218 Å². The van der Waals surface area contributed by atoms with Crippen molar-refractivity contribution in [2.75, 3.05) is 7.11 Å². The van der Waals surface area contributed by atoms with Crippen LogP contribution in [0.4, 0.5) is 0 Å². The molecule has 1 N–H and O–H groups in total. The van der Waals surface area contributed by atoms with Crippen LogP contribution in [-0.2, 0) is 4.79 Å². The van der Waals surface area contributed by atoms with Gasteiger partial charge in [0.2, 0.25) is 5.91 Å². The van der Waals surface area contributed by atoms with E-state index in [-0.39, 0.29) is 18.1 Å². The first-order valence-corrected chi connectivity index (χ1v) is 12.4. The van der Waals surface area contributed by atoms with Crippen molar-refractivity contribution in [2.24, 2.45) is 10.2 Å². The van der Waals surface area contributed by atoms with Gasteiger partial charge in [-0.25, -0.2) is 4.68 Å². The number of ketones is 1. The molecular formula is C28H23N5O3S. The Morgan fingerprint density at radius 3 is 2.46 bits per heavy atom. The molecule has 1 aliphatic heterocycles. The number of nitrogens with one attached hydrogen (secondary N) is 1. The third kappa shape index (κ3) is 5.68. The van der Waals surface area contributed by atoms with Crippen LogP contribution >= 0.6 is 11.8 Å². The van der Waals surface area contributed by atoms with E-state index in [0.29, 0.717) is 10.7 Å². The number of para-hydroxylation sites is 1. The number of amides is 1. The lowest BCUT2D eigenvalue weighted by molar-refractivity contribution is -0.118. The maximum absolute atomic E-state index is 12.5. The molecule has 0 bridgehead atoms. The number of carbonyl (C=O) groups excluding carboxylic acids is 2. The number of hydrogen-bond acceptors (Lipinski definition) is 7. The lowest BCUT2D eigenvalue weighted by Gasteiger charge is -2.04. The number of benzene rings is 3. The summed E-state index contributed by atoms with van der Waals surface area (Å²) in [6.07, 6.45) is 3.57. The molecule has 2 heterocycles. The highest BCUT2D eigenvalue weighted by molar-refractivity contribution is 8.15. The number of methoxy groups -OCH3 is 1. The molecule has 0 spiro atoms. The highest BCUT2D eigenvalue weighted by atomic mass is 32.2. The number of carbonyl (C=O) groups is 2. The molecule has 1 atom stereocenters. The zero-order valence-electron chi connectivity index (χ0n) is 19.9. The molecule has 1 amide bonds. The first-order chi connectivity index (χ1) is 18.1. The van der Waals surface area contributed by atoms with E-state index in [4.69, 9.17) is 9.84 Å². The number of amidine groups is 1. The average Bonchev–Trinajstić information content (AvgIpc) is 3.53. The van der Waals surface area contributed by atoms with Gasteiger partial charge in [-0.05, 0) is 36.4 Å². The molecule has 0 aliphatic carbocycles. The molecule has 1 aliphatic rings. The van der Waals surface area contributed by atoms with Gasteiger partial charge in [0.15, 0.2) is 11.0 Å². The Kier molecular flexibility index (Phi) is 7.23. The van der Waals surface area contributed by atoms with Crippen LogP contribution in [0.1, 0.15) is 22.3 Å². The van der Waals surface area contributed by atoms with Crippen LogP contribution < -0.4 is 10.1 Å². The van der Waals surface area contributed by atoms with Crippen LogP contribution in [0.3, 0.4) is 0 Å². The van der Waals surface area contributed by atoms with E-state index in [2.05, 4.69) is 15.5 Å². The van der Waals surface area contributed by atoms with Crippen molar-refractivity contribution in [2.45, 2.75) is 11.7 Å². The quantitative estimate of drug-likeness (QED) is 0.210. The summed E-state index contributed by atoms with van der Waals surface area (Å²) >= 11 is 1.20. The summed E-state index contributed by atoms with van der Waals surface area (Å²) in [7, 11) is 1.62. The molecule has 37 heavy (non-hydrogen) atoms. The first kappa shape index (κ1) is 24.2. The molecule has 5 rings (SSSR count). The van der Waals surface area contributed by atoms with E-state index in [1.807, 2.05) is 66.9 Å². The average molecular weight is 510 g/mol. The van der Waals surface area contributed by atoms with E-state index in [1.54, 1.807) is 42.3 Å². The van der Waals surface area contributed by atoms with E-state index < -0.39 is 5.25 Å². The molecule has 4 aromatic rings. The maximum Gasteiger partial charge on any atom is 0.240 e. The van der Waals surface area contributed by atoms with Gasteiger partial charge in [0.25, 0.3) is 0 Å². The van der Waals surface area contributed by atoms with Crippen molar-refractivity contribution in [1.29, 1.82) is 0 Å². The third-order valence-electron chi connectivity index (χ3n) is 5.72. The number of hydrogen-bond donors (Lipinski definition) is 1. The smallest absolute Gasteiger partial charge is 0.240 e. The number of thioether (sulfide) groups is 1. The number of aromatic nitrogens is 2. The Hall–Kier alpha value is -4.50. The fourth-order valence-corrected chi connectivity index (χ4v) is 4.73. The van der Waals surface area contributed by atoms with Crippen LogP contribution in [0.25, 0.3) is 16.9 Å². The molecule has 8 nitrogen and oxygen atoms in total. The first-order valence-electron chi connectivity index (χ1n) is 11.6. The summed E-state index contributed by atoms with van der Waals surface area (Å²) in [6.45, 7) is 0. The zero-order valence-corrected chi connectivity index (χ0v) is 20.8. The third-order valence-corrected chi connectivity index (χ3v) is 6.79. The minimum atomic E-state index is -0.544. The predicted octanol–water partition coefficient (Wildman–Crippen LogP) is 4.74. The fraction of sp³-hybridized carbons (Fsp3) is 0.107. The molecular weight excluding hydrogens is 486 g/mol. The molecule has 1 aromatic heterocycles. The molecule has 3 aromatic carbocycles. The van der Waals surface area contributed by atoms with Crippen molar-refractivity contribution in [1.82, 2.24) is 15.1 Å². The van der Waals surface area contributed by atoms with E-state index in [1.165, 1.54) is 11.8 Å². The lowest BCUT2D eigenvalue weighted by atomic mass is 10.1. The van der Waals surface area contributed by atoms with Gasteiger partial charge in [0, 0.05) is 29.3 Å². The standard InChI is InChI=1S/C28H23N5O3S/c1-36-23-14-12-20(13-15-23)26-21(18-33(32-26)22-10-6-3-7-11-22)17-29-31-28-30-27(35)25(37-28)16-24(34)19-8-4-2-5-9-19/h2-15,17-18,25H,16H2,1H3,(H,30,31,35)/b29-17+. The number of Topliss-reactive ketones (excluding diaryl/α,β-unsaturated/α-hetero) is 1. The largest absolute Gasteiger partial charge is 0.497 e. The van der Waals surface area contributed by atoms with E-state index in [0.717, 1.165) is 28.3 Å². The second kappa shape index (κ2) is 11.0. The van der Waals surface area contributed by atoms with Crippen molar-refractivity contribution in [3.8, 4) is 22.7 Å². The summed E-state index contributed by atoms with van der Waals surface area (Å²) in [4.78, 5) is 24.9. The minimum Gasteiger partial charge on any atom is -0.497 e. The Morgan fingerprint density at radius 2 is 1.76 bits per heavy atom. The van der Waals surface area contributed by atoms with Gasteiger partial charge >= 0.3 is 0 Å². The summed E-state index contributed by atoms with van der Waals surface area (Å²) in [5.41, 5.74) is 3.87. The topological polar surface area (TPSA) is 97.9 Å². The van der Waals surface area contributed by atoms with Crippen LogP contribution in [0.2, 0.25) is 0 Å². The number of rotatable bonds is 8. The monoisotopic (exact) mass is 509 g/mol. The van der Waals surface area contributed by atoms with E-state index in [9.17, 15) is 9.59 Å². The SMILES string of the molecule is COc1ccc(-c2nn(-c3ccccc3)cc2/C=N/N=C2\NC(=O)C(CC(=O)c3ccccc3)S2)cc1. The van der Waals surface area contributed by atoms with Gasteiger partial charge in [0.1, 0.15) is 11.4 Å².